The number of hydrogen-bond acceptors (Lipinski definition) is 4. The lowest BCUT2D eigenvalue weighted by Crippen LogP contribution is -2.48. The van der Waals surface area contributed by atoms with Crippen molar-refractivity contribution in [2.45, 2.75) is 25.9 Å². The lowest BCUT2D eigenvalue weighted by atomic mass is 10.1. The zero-order chi connectivity index (χ0) is 16.2. The van der Waals surface area contributed by atoms with Crippen LogP contribution in [-0.4, -0.2) is 16.4 Å². The van der Waals surface area contributed by atoms with Crippen molar-refractivity contribution in [2.75, 3.05) is 0 Å². The van der Waals surface area contributed by atoms with Crippen molar-refractivity contribution in [3.05, 3.63) is 54.0 Å². The molecule has 116 valence electrons. The van der Waals surface area contributed by atoms with Crippen molar-refractivity contribution in [2.24, 2.45) is 5.73 Å². The Balaban J connectivity index is 2.14. The molecule has 0 fully saturated rings. The number of nitrogens with one attached hydrogen (secondary N) is 1. The van der Waals surface area contributed by atoms with Crippen LogP contribution < -0.4 is 15.8 Å². The molecule has 2 aromatic rings. The third-order valence-corrected chi connectivity index (χ3v) is 2.92. The molecule has 5 nitrogen and oxygen atoms in total. The van der Waals surface area contributed by atoms with Crippen molar-refractivity contribution in [3.8, 4) is 11.6 Å². The number of aromatic nitrogens is 1. The third-order valence-electron chi connectivity index (χ3n) is 2.92. The Morgan fingerprint density at radius 2 is 2.05 bits per heavy atom. The van der Waals surface area contributed by atoms with Gasteiger partial charge in [-0.15, -0.1) is 0 Å². The monoisotopic (exact) mass is 303 g/mol. The van der Waals surface area contributed by atoms with E-state index >= 15 is 0 Å². The zero-order valence-corrected chi connectivity index (χ0v) is 12.5. The third kappa shape index (κ3) is 4.02. The molecule has 3 N–H and O–H groups in total. The first-order chi connectivity index (χ1) is 10.4. The van der Waals surface area contributed by atoms with Gasteiger partial charge in [0.1, 0.15) is 0 Å². The minimum Gasteiger partial charge on any atom is -0.436 e. The SMILES string of the molecule is CC(C)(N)C(=O)NCc1cccnc1Oc1ccccc1F. The summed E-state index contributed by atoms with van der Waals surface area (Å²) in [5, 5.41) is 2.70. The number of nitrogens with zero attached hydrogens (tertiary/aromatic N) is 1. The van der Waals surface area contributed by atoms with Gasteiger partial charge in [0.15, 0.2) is 11.6 Å². The predicted octanol–water partition coefficient (Wildman–Crippen LogP) is 2.37. The summed E-state index contributed by atoms with van der Waals surface area (Å²) in [6.07, 6.45) is 1.54. The molecule has 0 saturated heterocycles. The van der Waals surface area contributed by atoms with Crippen LogP contribution in [0.1, 0.15) is 19.4 Å². The van der Waals surface area contributed by atoms with Crippen LogP contribution in [0, 0.1) is 5.82 Å². The molecule has 0 aliphatic heterocycles. The van der Waals surface area contributed by atoms with Gasteiger partial charge < -0.3 is 15.8 Å². The van der Waals surface area contributed by atoms with Crippen LogP contribution in [0.15, 0.2) is 42.6 Å². The number of ether oxygens (including phenoxy) is 1. The number of para-hydroxylation sites is 1. The maximum atomic E-state index is 13.6. The molecule has 0 unspecified atom stereocenters. The maximum Gasteiger partial charge on any atom is 0.239 e. The van der Waals surface area contributed by atoms with Crippen molar-refractivity contribution < 1.29 is 13.9 Å². The highest BCUT2D eigenvalue weighted by molar-refractivity contribution is 5.85. The molecule has 0 radical (unpaired) electrons. The van der Waals surface area contributed by atoms with Crippen LogP contribution >= 0.6 is 0 Å². The lowest BCUT2D eigenvalue weighted by Gasteiger charge is -2.18. The van der Waals surface area contributed by atoms with Crippen LogP contribution in [0.4, 0.5) is 4.39 Å². The number of benzene rings is 1. The van der Waals surface area contributed by atoms with Crippen molar-refractivity contribution in [3.63, 3.8) is 0 Å². The largest absolute Gasteiger partial charge is 0.436 e. The van der Waals surface area contributed by atoms with E-state index in [4.69, 9.17) is 10.5 Å². The van der Waals surface area contributed by atoms with Crippen LogP contribution in [-0.2, 0) is 11.3 Å². The standard InChI is InChI=1S/C16H18FN3O2/c1-16(2,18)15(21)20-10-11-6-5-9-19-14(11)22-13-8-4-3-7-12(13)17/h3-9H,10,18H2,1-2H3,(H,20,21). The molecule has 0 saturated carbocycles. The molecule has 2 rings (SSSR count). The molecule has 0 atom stereocenters. The zero-order valence-electron chi connectivity index (χ0n) is 12.5. The summed E-state index contributed by atoms with van der Waals surface area (Å²) >= 11 is 0. The van der Waals surface area contributed by atoms with E-state index in [-0.39, 0.29) is 24.1 Å². The van der Waals surface area contributed by atoms with Crippen molar-refractivity contribution >= 4 is 5.91 Å². The Kier molecular flexibility index (Phi) is 4.72. The summed E-state index contributed by atoms with van der Waals surface area (Å²) in [7, 11) is 0. The second-order valence-corrected chi connectivity index (χ2v) is 5.40. The Morgan fingerprint density at radius 3 is 2.73 bits per heavy atom. The normalized spacial score (nSPS) is 11.1. The average molecular weight is 303 g/mol. The molecule has 0 aliphatic rings. The van der Waals surface area contributed by atoms with Gasteiger partial charge in [-0.25, -0.2) is 9.37 Å². The lowest BCUT2D eigenvalue weighted by molar-refractivity contribution is -0.125. The molecule has 1 aromatic heterocycles. The minimum absolute atomic E-state index is 0.0768. The summed E-state index contributed by atoms with van der Waals surface area (Å²) in [5.41, 5.74) is 5.37. The second-order valence-electron chi connectivity index (χ2n) is 5.40. The van der Waals surface area contributed by atoms with Crippen LogP contribution in [0.5, 0.6) is 11.6 Å². The fraction of sp³-hybridized carbons (Fsp3) is 0.250. The van der Waals surface area contributed by atoms with E-state index < -0.39 is 11.4 Å². The number of nitrogens with two attached hydrogens (primary N) is 1. The first kappa shape index (κ1) is 15.9. The molecule has 22 heavy (non-hydrogen) atoms. The first-order valence-corrected chi connectivity index (χ1v) is 6.81. The van der Waals surface area contributed by atoms with Gasteiger partial charge in [0.2, 0.25) is 11.8 Å². The number of carbonyl (C=O) groups is 1. The molecule has 0 aliphatic carbocycles. The molecular formula is C16H18FN3O2. The van der Waals surface area contributed by atoms with Crippen LogP contribution in [0.2, 0.25) is 0 Å². The summed E-state index contributed by atoms with van der Waals surface area (Å²) in [6, 6.07) is 9.51. The Bertz CT molecular complexity index is 668. The fourth-order valence-corrected chi connectivity index (χ4v) is 1.69. The maximum absolute atomic E-state index is 13.6. The van der Waals surface area contributed by atoms with E-state index in [1.54, 1.807) is 38.1 Å². The smallest absolute Gasteiger partial charge is 0.239 e. The van der Waals surface area contributed by atoms with Crippen molar-refractivity contribution in [1.29, 1.82) is 0 Å². The highest BCUT2D eigenvalue weighted by atomic mass is 19.1. The van der Waals surface area contributed by atoms with E-state index in [0.29, 0.717) is 5.56 Å². The first-order valence-electron chi connectivity index (χ1n) is 6.81. The summed E-state index contributed by atoms with van der Waals surface area (Å²) < 4.78 is 19.1. The number of pyridine rings is 1. The van der Waals surface area contributed by atoms with E-state index in [9.17, 15) is 9.18 Å². The topological polar surface area (TPSA) is 77.2 Å². The number of rotatable bonds is 5. The predicted molar refractivity (Wildman–Crippen MR) is 80.8 cm³/mol. The van der Waals surface area contributed by atoms with Gasteiger partial charge in [0, 0.05) is 18.3 Å². The van der Waals surface area contributed by atoms with Gasteiger partial charge in [-0.3, -0.25) is 4.79 Å². The number of halogens is 1. The minimum atomic E-state index is -0.977. The Labute approximate surface area is 128 Å². The van der Waals surface area contributed by atoms with Gasteiger partial charge in [0.05, 0.1) is 5.54 Å². The molecular weight excluding hydrogens is 285 g/mol. The van der Waals surface area contributed by atoms with Gasteiger partial charge in [-0.05, 0) is 32.0 Å². The molecule has 0 spiro atoms. The van der Waals surface area contributed by atoms with E-state index in [1.165, 1.54) is 18.3 Å². The summed E-state index contributed by atoms with van der Waals surface area (Å²) in [5.74, 6) is -0.463. The van der Waals surface area contributed by atoms with E-state index in [1.807, 2.05) is 0 Å². The van der Waals surface area contributed by atoms with Gasteiger partial charge in [0.25, 0.3) is 0 Å². The number of amides is 1. The number of carbonyl (C=O) groups excluding carboxylic acids is 1. The number of hydrogen-bond donors (Lipinski definition) is 2. The van der Waals surface area contributed by atoms with E-state index in [2.05, 4.69) is 10.3 Å². The van der Waals surface area contributed by atoms with Crippen molar-refractivity contribution in [1.82, 2.24) is 10.3 Å². The molecule has 0 bridgehead atoms. The average Bonchev–Trinajstić information content (AvgIpc) is 2.47. The molecule has 1 aromatic carbocycles. The quantitative estimate of drug-likeness (QED) is 0.889. The van der Waals surface area contributed by atoms with Crippen LogP contribution in [0.3, 0.4) is 0 Å². The van der Waals surface area contributed by atoms with Gasteiger partial charge in [-0.2, -0.15) is 0 Å². The molecule has 1 amide bonds. The summed E-state index contributed by atoms with van der Waals surface area (Å²) in [4.78, 5) is 15.9. The van der Waals surface area contributed by atoms with Gasteiger partial charge in [-0.1, -0.05) is 18.2 Å². The van der Waals surface area contributed by atoms with Gasteiger partial charge >= 0.3 is 0 Å². The second kappa shape index (κ2) is 6.53. The molecule has 6 heteroatoms. The molecule has 1 heterocycles. The Hall–Kier alpha value is -2.47. The summed E-state index contributed by atoms with van der Waals surface area (Å²) in [6.45, 7) is 3.42. The fourth-order valence-electron chi connectivity index (χ4n) is 1.69. The van der Waals surface area contributed by atoms with E-state index in [0.717, 1.165) is 0 Å². The highest BCUT2D eigenvalue weighted by Gasteiger charge is 2.21. The highest BCUT2D eigenvalue weighted by Crippen LogP contribution is 2.25. The Morgan fingerprint density at radius 1 is 1.32 bits per heavy atom. The van der Waals surface area contributed by atoms with Crippen LogP contribution in [0.25, 0.3) is 0 Å².